The van der Waals surface area contributed by atoms with Gasteiger partial charge in [-0.2, -0.15) is 0 Å². The van der Waals surface area contributed by atoms with Crippen molar-refractivity contribution in [2.75, 3.05) is 20.1 Å². The van der Waals surface area contributed by atoms with Crippen molar-refractivity contribution in [3.63, 3.8) is 0 Å². The molecule has 2 heterocycles. The molecule has 1 aromatic rings. The lowest BCUT2D eigenvalue weighted by atomic mass is 10.0. The summed E-state index contributed by atoms with van der Waals surface area (Å²) in [5.41, 5.74) is 6.74. The van der Waals surface area contributed by atoms with Crippen molar-refractivity contribution in [1.29, 1.82) is 0 Å². The highest BCUT2D eigenvalue weighted by Gasteiger charge is 2.23. The molecule has 0 aliphatic carbocycles. The number of aryl methyl sites for hydroxylation is 1. The van der Waals surface area contributed by atoms with Gasteiger partial charge in [0.15, 0.2) is 0 Å². The largest absolute Gasteiger partial charge is 0.330 e. The molecular weight excluding hydrogens is 218 g/mol. The summed E-state index contributed by atoms with van der Waals surface area (Å²) in [6.07, 6.45) is 6.01. The molecule has 1 fully saturated rings. The second-order valence-corrected chi connectivity index (χ2v) is 5.45. The maximum atomic E-state index is 5.52. The van der Waals surface area contributed by atoms with Crippen molar-refractivity contribution in [3.05, 3.63) is 16.1 Å². The van der Waals surface area contributed by atoms with Gasteiger partial charge in [-0.25, -0.2) is 4.98 Å². The van der Waals surface area contributed by atoms with Gasteiger partial charge in [-0.1, -0.05) is 6.42 Å². The Morgan fingerprint density at radius 1 is 1.56 bits per heavy atom. The zero-order valence-electron chi connectivity index (χ0n) is 9.98. The molecule has 0 aromatic carbocycles. The van der Waals surface area contributed by atoms with Gasteiger partial charge in [0.25, 0.3) is 0 Å². The summed E-state index contributed by atoms with van der Waals surface area (Å²) < 4.78 is 0. The first kappa shape index (κ1) is 12.0. The second-order valence-electron chi connectivity index (χ2n) is 4.56. The molecule has 2 N–H and O–H groups in total. The number of nitrogens with two attached hydrogens (primary N) is 1. The van der Waals surface area contributed by atoms with E-state index in [2.05, 4.69) is 17.3 Å². The van der Waals surface area contributed by atoms with Crippen molar-refractivity contribution >= 4 is 11.3 Å². The topological polar surface area (TPSA) is 42.2 Å². The van der Waals surface area contributed by atoms with Crippen molar-refractivity contribution < 1.29 is 0 Å². The smallest absolute Gasteiger partial charge is 0.110 e. The van der Waals surface area contributed by atoms with Crippen molar-refractivity contribution in [1.82, 2.24) is 9.88 Å². The van der Waals surface area contributed by atoms with E-state index in [0.717, 1.165) is 19.4 Å². The van der Waals surface area contributed by atoms with Gasteiger partial charge in [-0.3, -0.25) is 4.90 Å². The Morgan fingerprint density at radius 3 is 3.19 bits per heavy atom. The minimum Gasteiger partial charge on any atom is -0.330 e. The molecule has 0 amide bonds. The number of likely N-dealkylation sites (tertiary alicyclic amines) is 1. The third kappa shape index (κ3) is 2.81. The van der Waals surface area contributed by atoms with Crippen molar-refractivity contribution in [3.8, 4) is 0 Å². The molecule has 0 saturated carbocycles. The average Bonchev–Trinajstić information content (AvgIpc) is 2.75. The zero-order chi connectivity index (χ0) is 11.4. The Labute approximate surface area is 102 Å². The maximum Gasteiger partial charge on any atom is 0.110 e. The molecule has 1 unspecified atom stereocenters. The van der Waals surface area contributed by atoms with Crippen LogP contribution in [0.5, 0.6) is 0 Å². The summed E-state index contributed by atoms with van der Waals surface area (Å²) in [4.78, 5) is 7.18. The summed E-state index contributed by atoms with van der Waals surface area (Å²) >= 11 is 1.82. The van der Waals surface area contributed by atoms with E-state index < -0.39 is 0 Å². The van der Waals surface area contributed by atoms with E-state index >= 15 is 0 Å². The number of hydrogen-bond acceptors (Lipinski definition) is 4. The lowest BCUT2D eigenvalue weighted by Crippen LogP contribution is -2.29. The highest BCUT2D eigenvalue weighted by molar-refractivity contribution is 7.09. The third-order valence-corrected chi connectivity index (χ3v) is 4.26. The Balaban J connectivity index is 1.99. The fraction of sp³-hybridized carbons (Fsp3) is 0.750. The van der Waals surface area contributed by atoms with Gasteiger partial charge in [0.2, 0.25) is 0 Å². The Kier molecular flexibility index (Phi) is 4.32. The summed E-state index contributed by atoms with van der Waals surface area (Å²) in [6, 6.07) is 0.561. The van der Waals surface area contributed by atoms with E-state index in [9.17, 15) is 0 Å². The Hall–Kier alpha value is -0.450. The quantitative estimate of drug-likeness (QED) is 0.876. The monoisotopic (exact) mass is 239 g/mol. The maximum absolute atomic E-state index is 5.52. The summed E-state index contributed by atoms with van der Waals surface area (Å²) in [6.45, 7) is 1.97. The molecule has 3 nitrogen and oxygen atoms in total. The van der Waals surface area contributed by atoms with Gasteiger partial charge in [0.1, 0.15) is 5.01 Å². The van der Waals surface area contributed by atoms with Crippen LogP contribution in [-0.4, -0.2) is 30.0 Å². The van der Waals surface area contributed by atoms with E-state index in [4.69, 9.17) is 10.7 Å². The van der Waals surface area contributed by atoms with E-state index in [0.29, 0.717) is 6.04 Å². The van der Waals surface area contributed by atoms with Crippen LogP contribution in [0.1, 0.15) is 42.4 Å². The molecule has 1 aliphatic rings. The number of aromatic nitrogens is 1. The molecule has 1 atom stereocenters. The van der Waals surface area contributed by atoms with Gasteiger partial charge in [-0.05, 0) is 45.8 Å². The first-order valence-electron chi connectivity index (χ1n) is 6.16. The predicted molar refractivity (Wildman–Crippen MR) is 68.7 cm³/mol. The van der Waals surface area contributed by atoms with Crippen LogP contribution in [-0.2, 0) is 6.42 Å². The lowest BCUT2D eigenvalue weighted by Gasteiger charge is -2.30. The second kappa shape index (κ2) is 5.75. The summed E-state index contributed by atoms with van der Waals surface area (Å²) in [5.74, 6) is 0. The molecule has 0 spiro atoms. The molecule has 2 rings (SSSR count). The fourth-order valence-electron chi connectivity index (χ4n) is 2.26. The van der Waals surface area contributed by atoms with Crippen LogP contribution in [0.2, 0.25) is 0 Å². The first-order chi connectivity index (χ1) is 7.81. The molecular formula is C12H21N3S. The van der Waals surface area contributed by atoms with Crippen LogP contribution >= 0.6 is 11.3 Å². The molecule has 1 aliphatic heterocycles. The molecule has 1 saturated heterocycles. The first-order valence-corrected chi connectivity index (χ1v) is 7.04. The molecule has 0 radical (unpaired) electrons. The third-order valence-electron chi connectivity index (χ3n) is 3.26. The highest BCUT2D eigenvalue weighted by Crippen LogP contribution is 2.31. The van der Waals surface area contributed by atoms with Crippen LogP contribution in [0.25, 0.3) is 0 Å². The minimum absolute atomic E-state index is 0.561. The summed E-state index contributed by atoms with van der Waals surface area (Å²) in [5, 5.41) is 3.50. The SMILES string of the molecule is CN1CCCCC1c1nc(CCCN)cs1. The molecule has 16 heavy (non-hydrogen) atoms. The van der Waals surface area contributed by atoms with Gasteiger partial charge >= 0.3 is 0 Å². The van der Waals surface area contributed by atoms with Crippen LogP contribution in [0, 0.1) is 0 Å². The van der Waals surface area contributed by atoms with Gasteiger partial charge in [0, 0.05) is 5.38 Å². The number of hydrogen-bond donors (Lipinski definition) is 1. The minimum atomic E-state index is 0.561. The standard InChI is InChI=1S/C12H21N3S/c1-15-8-3-2-6-11(15)12-14-10(9-16-12)5-4-7-13/h9,11H,2-8,13H2,1H3. The Morgan fingerprint density at radius 2 is 2.44 bits per heavy atom. The van der Waals surface area contributed by atoms with Gasteiger partial charge < -0.3 is 5.73 Å². The zero-order valence-corrected chi connectivity index (χ0v) is 10.8. The van der Waals surface area contributed by atoms with Crippen molar-refractivity contribution in [2.24, 2.45) is 5.73 Å². The van der Waals surface area contributed by atoms with E-state index in [1.165, 1.54) is 36.5 Å². The highest BCUT2D eigenvalue weighted by atomic mass is 32.1. The number of piperidine rings is 1. The van der Waals surface area contributed by atoms with Crippen LogP contribution in [0.3, 0.4) is 0 Å². The normalized spacial score (nSPS) is 22.5. The van der Waals surface area contributed by atoms with Crippen LogP contribution in [0.15, 0.2) is 5.38 Å². The van der Waals surface area contributed by atoms with Crippen LogP contribution in [0.4, 0.5) is 0 Å². The summed E-state index contributed by atoms with van der Waals surface area (Å²) in [7, 11) is 2.21. The Bertz CT molecular complexity index is 324. The van der Waals surface area contributed by atoms with E-state index in [1.807, 2.05) is 11.3 Å². The molecule has 90 valence electrons. The molecule has 0 bridgehead atoms. The van der Waals surface area contributed by atoms with Gasteiger partial charge in [-0.15, -0.1) is 11.3 Å². The number of thiazole rings is 1. The fourth-order valence-corrected chi connectivity index (χ4v) is 3.31. The van der Waals surface area contributed by atoms with E-state index in [-0.39, 0.29) is 0 Å². The van der Waals surface area contributed by atoms with Crippen molar-refractivity contribution in [2.45, 2.75) is 38.1 Å². The molecule has 4 heteroatoms. The molecule has 1 aromatic heterocycles. The van der Waals surface area contributed by atoms with Crippen LogP contribution < -0.4 is 5.73 Å². The number of rotatable bonds is 4. The lowest BCUT2D eigenvalue weighted by molar-refractivity contribution is 0.187. The average molecular weight is 239 g/mol. The van der Waals surface area contributed by atoms with E-state index in [1.54, 1.807) is 0 Å². The predicted octanol–water partition coefficient (Wildman–Crippen LogP) is 2.19. The number of nitrogens with zero attached hydrogens (tertiary/aromatic N) is 2. The van der Waals surface area contributed by atoms with Gasteiger partial charge in [0.05, 0.1) is 11.7 Å².